The Morgan fingerprint density at radius 3 is 2.50 bits per heavy atom. The van der Waals surface area contributed by atoms with Crippen molar-refractivity contribution >= 4 is 11.3 Å². The smallest absolute Gasteiger partial charge is 0.148 e. The third-order valence-corrected chi connectivity index (χ3v) is 4.11. The quantitative estimate of drug-likeness (QED) is 0.885. The van der Waals surface area contributed by atoms with Crippen molar-refractivity contribution < 1.29 is 4.74 Å². The molecule has 0 amide bonds. The molecule has 0 saturated carbocycles. The van der Waals surface area contributed by atoms with Gasteiger partial charge in [0, 0.05) is 10.9 Å². The molecule has 18 heavy (non-hydrogen) atoms. The molecule has 1 aromatic carbocycles. The minimum Gasteiger partial charge on any atom is -0.483 e. The van der Waals surface area contributed by atoms with Gasteiger partial charge < -0.3 is 10.5 Å². The van der Waals surface area contributed by atoms with E-state index in [4.69, 9.17) is 10.5 Å². The Balaban J connectivity index is 2.24. The average molecular weight is 261 g/mol. The Bertz CT molecular complexity index is 480. The molecule has 0 spiro atoms. The van der Waals surface area contributed by atoms with Gasteiger partial charge in [-0.2, -0.15) is 0 Å². The van der Waals surface area contributed by atoms with Crippen LogP contribution >= 0.6 is 11.3 Å². The summed E-state index contributed by atoms with van der Waals surface area (Å²) in [6.45, 7) is 4.20. The van der Waals surface area contributed by atoms with Crippen molar-refractivity contribution in [1.29, 1.82) is 0 Å². The van der Waals surface area contributed by atoms with Crippen LogP contribution in [0.2, 0.25) is 0 Å². The van der Waals surface area contributed by atoms with Gasteiger partial charge in [0.1, 0.15) is 11.9 Å². The molecule has 0 aliphatic carbocycles. The molecule has 0 fully saturated rings. The van der Waals surface area contributed by atoms with Crippen LogP contribution in [0.1, 0.15) is 29.9 Å². The van der Waals surface area contributed by atoms with E-state index in [1.54, 1.807) is 11.3 Å². The van der Waals surface area contributed by atoms with Gasteiger partial charge in [0.25, 0.3) is 0 Å². The van der Waals surface area contributed by atoms with Crippen LogP contribution in [-0.2, 0) is 0 Å². The second-order valence-electron chi connectivity index (χ2n) is 4.39. The summed E-state index contributed by atoms with van der Waals surface area (Å²) < 4.78 is 6.08. The molecule has 0 saturated heterocycles. The van der Waals surface area contributed by atoms with Crippen LogP contribution in [-0.4, -0.2) is 6.04 Å². The predicted octanol–water partition coefficient (Wildman–Crippen LogP) is 3.91. The molecule has 0 radical (unpaired) electrons. The van der Waals surface area contributed by atoms with Crippen LogP contribution in [0, 0.1) is 6.92 Å². The lowest BCUT2D eigenvalue weighted by atomic mass is 10.1. The topological polar surface area (TPSA) is 35.2 Å². The Kier molecular flexibility index (Phi) is 4.39. The van der Waals surface area contributed by atoms with Gasteiger partial charge in [-0.15, -0.1) is 11.3 Å². The van der Waals surface area contributed by atoms with E-state index in [0.29, 0.717) is 0 Å². The molecule has 96 valence electrons. The number of hydrogen-bond donors (Lipinski definition) is 1. The number of ether oxygens (including phenoxy) is 1. The third-order valence-electron chi connectivity index (χ3n) is 3.03. The number of rotatable bonds is 5. The highest BCUT2D eigenvalue weighted by molar-refractivity contribution is 7.10. The average Bonchev–Trinajstić information content (AvgIpc) is 2.82. The minimum absolute atomic E-state index is 0.0163. The van der Waals surface area contributed by atoms with Gasteiger partial charge in [0.15, 0.2) is 0 Å². The van der Waals surface area contributed by atoms with Crippen molar-refractivity contribution in [3.63, 3.8) is 0 Å². The van der Waals surface area contributed by atoms with Crippen LogP contribution in [0.4, 0.5) is 0 Å². The zero-order chi connectivity index (χ0) is 13.0. The van der Waals surface area contributed by atoms with Crippen molar-refractivity contribution in [2.24, 2.45) is 5.73 Å². The van der Waals surface area contributed by atoms with Crippen molar-refractivity contribution in [2.45, 2.75) is 32.4 Å². The van der Waals surface area contributed by atoms with E-state index in [9.17, 15) is 0 Å². The van der Waals surface area contributed by atoms with Gasteiger partial charge in [-0.3, -0.25) is 0 Å². The summed E-state index contributed by atoms with van der Waals surface area (Å²) >= 11 is 1.72. The Morgan fingerprint density at radius 1 is 1.22 bits per heavy atom. The zero-order valence-electron chi connectivity index (χ0n) is 10.8. The van der Waals surface area contributed by atoms with Crippen LogP contribution < -0.4 is 10.5 Å². The zero-order valence-corrected chi connectivity index (χ0v) is 11.6. The summed E-state index contributed by atoms with van der Waals surface area (Å²) in [6.07, 6.45) is 0.840. The van der Waals surface area contributed by atoms with E-state index in [2.05, 4.69) is 25.3 Å². The van der Waals surface area contributed by atoms with Crippen molar-refractivity contribution in [1.82, 2.24) is 0 Å². The van der Waals surface area contributed by atoms with Crippen molar-refractivity contribution in [3.05, 3.63) is 52.2 Å². The summed E-state index contributed by atoms with van der Waals surface area (Å²) in [6, 6.07) is 12.0. The first-order chi connectivity index (χ1) is 8.72. The SMILES string of the molecule is CCC(N)C(Oc1ccccc1)c1sccc1C. The molecule has 1 aromatic heterocycles. The third kappa shape index (κ3) is 2.92. The second kappa shape index (κ2) is 6.03. The predicted molar refractivity (Wildman–Crippen MR) is 77.1 cm³/mol. The highest BCUT2D eigenvalue weighted by atomic mass is 32.1. The lowest BCUT2D eigenvalue weighted by Crippen LogP contribution is -2.31. The number of para-hydroxylation sites is 1. The first-order valence-corrected chi connectivity index (χ1v) is 7.11. The van der Waals surface area contributed by atoms with Gasteiger partial charge in [0.05, 0.1) is 0 Å². The van der Waals surface area contributed by atoms with Crippen LogP contribution in [0.3, 0.4) is 0 Å². The van der Waals surface area contributed by atoms with Crippen LogP contribution in [0.15, 0.2) is 41.8 Å². The van der Waals surface area contributed by atoms with Gasteiger partial charge in [-0.05, 0) is 42.5 Å². The van der Waals surface area contributed by atoms with E-state index in [1.165, 1.54) is 10.4 Å². The van der Waals surface area contributed by atoms with Gasteiger partial charge in [0.2, 0.25) is 0 Å². The summed E-state index contributed by atoms with van der Waals surface area (Å²) in [5.74, 6) is 0.874. The van der Waals surface area contributed by atoms with E-state index >= 15 is 0 Å². The molecule has 2 aromatic rings. The van der Waals surface area contributed by atoms with Crippen molar-refractivity contribution in [2.75, 3.05) is 0 Å². The lowest BCUT2D eigenvalue weighted by molar-refractivity contribution is 0.174. The summed E-state index contributed by atoms with van der Waals surface area (Å²) in [5, 5.41) is 2.09. The molecule has 2 rings (SSSR count). The fraction of sp³-hybridized carbons (Fsp3) is 0.333. The monoisotopic (exact) mass is 261 g/mol. The second-order valence-corrected chi connectivity index (χ2v) is 5.34. The molecule has 3 heteroatoms. The van der Waals surface area contributed by atoms with E-state index in [1.807, 2.05) is 30.3 Å². The molecule has 2 atom stereocenters. The highest BCUT2D eigenvalue weighted by Crippen LogP contribution is 2.31. The lowest BCUT2D eigenvalue weighted by Gasteiger charge is -2.24. The van der Waals surface area contributed by atoms with Gasteiger partial charge in [-0.25, -0.2) is 0 Å². The largest absolute Gasteiger partial charge is 0.483 e. The van der Waals surface area contributed by atoms with Crippen molar-refractivity contribution in [3.8, 4) is 5.75 Å². The maximum Gasteiger partial charge on any atom is 0.148 e. The van der Waals surface area contributed by atoms with Crippen LogP contribution in [0.25, 0.3) is 0 Å². The highest BCUT2D eigenvalue weighted by Gasteiger charge is 2.23. The molecular formula is C15H19NOS. The van der Waals surface area contributed by atoms with Crippen LogP contribution in [0.5, 0.6) is 5.75 Å². The molecule has 0 bridgehead atoms. The molecule has 2 nitrogen and oxygen atoms in total. The van der Waals surface area contributed by atoms with E-state index < -0.39 is 0 Å². The summed E-state index contributed by atoms with van der Waals surface area (Å²) in [7, 11) is 0. The molecule has 0 aliphatic heterocycles. The normalized spacial score (nSPS) is 14.2. The van der Waals surface area contributed by atoms with E-state index in [-0.39, 0.29) is 12.1 Å². The Morgan fingerprint density at radius 2 is 1.94 bits per heavy atom. The maximum absolute atomic E-state index is 6.21. The molecule has 2 N–H and O–H groups in total. The number of hydrogen-bond acceptors (Lipinski definition) is 3. The summed E-state index contributed by atoms with van der Waals surface area (Å²) in [4.78, 5) is 1.23. The van der Waals surface area contributed by atoms with E-state index in [0.717, 1.165) is 12.2 Å². The van der Waals surface area contributed by atoms with Gasteiger partial charge in [-0.1, -0.05) is 25.1 Å². The molecule has 1 heterocycles. The first-order valence-electron chi connectivity index (χ1n) is 6.23. The number of benzene rings is 1. The Labute approximate surface area is 112 Å². The number of thiophene rings is 1. The van der Waals surface area contributed by atoms with Gasteiger partial charge >= 0.3 is 0 Å². The molecule has 2 unspecified atom stereocenters. The maximum atomic E-state index is 6.21. The fourth-order valence-electron chi connectivity index (χ4n) is 1.87. The Hall–Kier alpha value is -1.32. The molecular weight excluding hydrogens is 242 g/mol. The molecule has 0 aliphatic rings. The first kappa shape index (κ1) is 13.1. The number of nitrogens with two attached hydrogens (primary N) is 1. The fourth-order valence-corrected chi connectivity index (χ4v) is 2.90. The standard InChI is InChI=1S/C15H19NOS/c1-3-13(16)14(15-11(2)9-10-18-15)17-12-7-5-4-6-8-12/h4-10,13-14H,3,16H2,1-2H3. The summed E-state index contributed by atoms with van der Waals surface area (Å²) in [5.41, 5.74) is 7.46. The minimum atomic E-state index is -0.0580. The number of aryl methyl sites for hydroxylation is 1.